The van der Waals surface area contributed by atoms with Gasteiger partial charge in [0.25, 0.3) is 0 Å². The SMILES string of the molecule is CC1(C)C[C@@H](C(=O)N2N=CC[C@H]2c2cc(F)cc(F)c2)CCN1. The number of halogens is 2. The minimum Gasteiger partial charge on any atom is -0.312 e. The van der Waals surface area contributed by atoms with Crippen LogP contribution in [0.3, 0.4) is 0 Å². The first-order chi connectivity index (χ1) is 10.9. The third kappa shape index (κ3) is 3.42. The van der Waals surface area contributed by atoms with Gasteiger partial charge in [0.2, 0.25) is 5.91 Å². The van der Waals surface area contributed by atoms with Crippen molar-refractivity contribution < 1.29 is 13.6 Å². The van der Waals surface area contributed by atoms with Crippen LogP contribution in [0, 0.1) is 17.6 Å². The van der Waals surface area contributed by atoms with Gasteiger partial charge in [-0.1, -0.05) is 0 Å². The highest BCUT2D eigenvalue weighted by Crippen LogP contribution is 2.33. The van der Waals surface area contributed by atoms with E-state index in [-0.39, 0.29) is 17.4 Å². The van der Waals surface area contributed by atoms with Crippen molar-refractivity contribution in [1.29, 1.82) is 0 Å². The molecule has 0 bridgehead atoms. The van der Waals surface area contributed by atoms with Gasteiger partial charge in [-0.3, -0.25) is 4.79 Å². The van der Waals surface area contributed by atoms with Crippen molar-refractivity contribution in [3.63, 3.8) is 0 Å². The number of piperidine rings is 1. The quantitative estimate of drug-likeness (QED) is 0.910. The highest BCUT2D eigenvalue weighted by atomic mass is 19.1. The lowest BCUT2D eigenvalue weighted by atomic mass is 9.83. The number of hydrogen-bond donors (Lipinski definition) is 1. The summed E-state index contributed by atoms with van der Waals surface area (Å²) in [5.41, 5.74) is 0.351. The molecule has 1 amide bonds. The molecule has 1 aromatic carbocycles. The van der Waals surface area contributed by atoms with E-state index in [1.54, 1.807) is 6.21 Å². The number of benzene rings is 1. The highest BCUT2D eigenvalue weighted by Gasteiger charge is 2.37. The molecular formula is C17H21F2N3O. The molecule has 0 aromatic heterocycles. The van der Waals surface area contributed by atoms with E-state index in [9.17, 15) is 13.6 Å². The van der Waals surface area contributed by atoms with Crippen molar-refractivity contribution >= 4 is 12.1 Å². The lowest BCUT2D eigenvalue weighted by molar-refractivity contribution is -0.139. The first-order valence-corrected chi connectivity index (χ1v) is 7.92. The lowest BCUT2D eigenvalue weighted by Gasteiger charge is -2.37. The Balaban J connectivity index is 1.80. The third-order valence-corrected chi connectivity index (χ3v) is 4.53. The van der Waals surface area contributed by atoms with Gasteiger partial charge < -0.3 is 5.32 Å². The van der Waals surface area contributed by atoms with Gasteiger partial charge >= 0.3 is 0 Å². The van der Waals surface area contributed by atoms with E-state index >= 15 is 0 Å². The van der Waals surface area contributed by atoms with Gasteiger partial charge in [-0.05, 0) is 50.9 Å². The van der Waals surface area contributed by atoms with Crippen LogP contribution in [0.25, 0.3) is 0 Å². The molecule has 6 heteroatoms. The van der Waals surface area contributed by atoms with Crippen LogP contribution in [0.15, 0.2) is 23.3 Å². The smallest absolute Gasteiger partial charge is 0.246 e. The van der Waals surface area contributed by atoms with Crippen LogP contribution in [0.2, 0.25) is 0 Å². The molecule has 2 heterocycles. The monoisotopic (exact) mass is 321 g/mol. The molecule has 2 atom stereocenters. The third-order valence-electron chi connectivity index (χ3n) is 4.53. The van der Waals surface area contributed by atoms with E-state index in [0.717, 1.165) is 25.5 Å². The molecule has 0 spiro atoms. The van der Waals surface area contributed by atoms with Crippen LogP contribution in [0.5, 0.6) is 0 Å². The highest BCUT2D eigenvalue weighted by molar-refractivity contribution is 5.82. The topological polar surface area (TPSA) is 44.7 Å². The van der Waals surface area contributed by atoms with Crippen LogP contribution in [-0.4, -0.2) is 29.2 Å². The van der Waals surface area contributed by atoms with Crippen molar-refractivity contribution in [3.05, 3.63) is 35.4 Å². The second-order valence-electron chi connectivity index (χ2n) is 6.94. The fourth-order valence-electron chi connectivity index (χ4n) is 3.44. The lowest BCUT2D eigenvalue weighted by Crippen LogP contribution is -2.49. The van der Waals surface area contributed by atoms with E-state index in [1.807, 2.05) is 0 Å². The van der Waals surface area contributed by atoms with Gasteiger partial charge in [-0.15, -0.1) is 0 Å². The number of hydrogen-bond acceptors (Lipinski definition) is 3. The number of carbonyl (C=O) groups is 1. The van der Waals surface area contributed by atoms with E-state index in [0.29, 0.717) is 12.0 Å². The predicted octanol–water partition coefficient (Wildman–Crippen LogP) is 3.00. The number of carbonyl (C=O) groups excluding carboxylic acids is 1. The summed E-state index contributed by atoms with van der Waals surface area (Å²) in [5, 5.41) is 8.96. The van der Waals surface area contributed by atoms with Gasteiger partial charge in [0.05, 0.1) is 6.04 Å². The first kappa shape index (κ1) is 16.1. The van der Waals surface area contributed by atoms with Gasteiger partial charge in [0.1, 0.15) is 11.6 Å². The number of rotatable bonds is 2. The number of nitrogens with zero attached hydrogens (tertiary/aromatic N) is 2. The average Bonchev–Trinajstić information content (AvgIpc) is 2.93. The zero-order valence-electron chi connectivity index (χ0n) is 13.4. The molecule has 124 valence electrons. The first-order valence-electron chi connectivity index (χ1n) is 7.92. The normalized spacial score (nSPS) is 26.5. The summed E-state index contributed by atoms with van der Waals surface area (Å²) < 4.78 is 26.9. The molecule has 0 saturated carbocycles. The van der Waals surface area contributed by atoms with Crippen LogP contribution in [-0.2, 0) is 4.79 Å². The largest absolute Gasteiger partial charge is 0.312 e. The number of nitrogens with one attached hydrogen (secondary N) is 1. The van der Waals surface area contributed by atoms with Crippen molar-refractivity contribution in [3.8, 4) is 0 Å². The molecule has 3 rings (SSSR count). The maximum absolute atomic E-state index is 13.5. The van der Waals surface area contributed by atoms with E-state index < -0.39 is 17.7 Å². The summed E-state index contributed by atoms with van der Waals surface area (Å²) in [4.78, 5) is 12.8. The Bertz CT molecular complexity index is 624. The van der Waals surface area contributed by atoms with Crippen LogP contribution in [0.4, 0.5) is 8.78 Å². The Morgan fingerprint density at radius 3 is 2.65 bits per heavy atom. The molecule has 1 saturated heterocycles. The summed E-state index contributed by atoms with van der Waals surface area (Å²) in [6.07, 6.45) is 3.58. The molecule has 1 N–H and O–H groups in total. The Kier molecular flexibility index (Phi) is 4.19. The van der Waals surface area contributed by atoms with Crippen LogP contribution >= 0.6 is 0 Å². The maximum atomic E-state index is 13.5. The van der Waals surface area contributed by atoms with Crippen molar-refractivity contribution in [2.45, 2.75) is 44.7 Å². The maximum Gasteiger partial charge on any atom is 0.246 e. The fourth-order valence-corrected chi connectivity index (χ4v) is 3.44. The molecule has 1 fully saturated rings. The molecule has 0 aliphatic carbocycles. The standard InChI is InChI=1S/C17H21F2N3O/c1-17(2)10-11(3-5-20-17)16(23)22-15(4-6-21-22)12-7-13(18)9-14(19)8-12/h6-9,11,15,20H,3-5,10H2,1-2H3/t11-,15-/m0/s1. The molecule has 1 aromatic rings. The number of hydrazone groups is 1. The van der Waals surface area contributed by atoms with Gasteiger partial charge in [-0.2, -0.15) is 5.10 Å². The Labute approximate surface area is 134 Å². The summed E-state index contributed by atoms with van der Waals surface area (Å²) in [6, 6.07) is 2.95. The molecule has 2 aliphatic rings. The van der Waals surface area contributed by atoms with E-state index in [1.165, 1.54) is 17.1 Å². The van der Waals surface area contributed by atoms with Crippen molar-refractivity contribution in [2.75, 3.05) is 6.54 Å². The second-order valence-corrected chi connectivity index (χ2v) is 6.94. The second kappa shape index (κ2) is 6.00. The summed E-state index contributed by atoms with van der Waals surface area (Å²) in [6.45, 7) is 4.92. The zero-order valence-corrected chi connectivity index (χ0v) is 13.4. The van der Waals surface area contributed by atoms with Crippen LogP contribution < -0.4 is 5.32 Å². The van der Waals surface area contributed by atoms with Gasteiger partial charge in [0, 0.05) is 30.2 Å². The Morgan fingerprint density at radius 1 is 1.30 bits per heavy atom. The average molecular weight is 321 g/mol. The zero-order chi connectivity index (χ0) is 16.6. The van der Waals surface area contributed by atoms with Crippen LogP contribution in [0.1, 0.15) is 44.7 Å². The Hall–Kier alpha value is -1.82. The molecule has 0 unspecified atom stereocenters. The Morgan fingerprint density at radius 2 is 2.00 bits per heavy atom. The summed E-state index contributed by atoms with van der Waals surface area (Å²) in [5.74, 6) is -1.46. The van der Waals surface area contributed by atoms with Crippen molar-refractivity contribution in [1.82, 2.24) is 10.3 Å². The summed E-state index contributed by atoms with van der Waals surface area (Å²) >= 11 is 0. The number of amides is 1. The van der Waals surface area contributed by atoms with E-state index in [2.05, 4.69) is 24.3 Å². The minimum atomic E-state index is -0.637. The molecule has 23 heavy (non-hydrogen) atoms. The molecule has 2 aliphatic heterocycles. The molecular weight excluding hydrogens is 300 g/mol. The predicted molar refractivity (Wildman–Crippen MR) is 83.9 cm³/mol. The van der Waals surface area contributed by atoms with E-state index in [4.69, 9.17) is 0 Å². The van der Waals surface area contributed by atoms with Gasteiger partial charge in [-0.25, -0.2) is 13.8 Å². The fraction of sp³-hybridized carbons (Fsp3) is 0.529. The van der Waals surface area contributed by atoms with Gasteiger partial charge in [0.15, 0.2) is 0 Å². The molecule has 0 radical (unpaired) electrons. The van der Waals surface area contributed by atoms with Crippen molar-refractivity contribution in [2.24, 2.45) is 11.0 Å². The minimum absolute atomic E-state index is 0.0667. The summed E-state index contributed by atoms with van der Waals surface area (Å²) in [7, 11) is 0. The molecule has 4 nitrogen and oxygen atoms in total.